The van der Waals surface area contributed by atoms with Gasteiger partial charge in [0.2, 0.25) is 11.2 Å². The van der Waals surface area contributed by atoms with Crippen LogP contribution in [0.2, 0.25) is 5.28 Å². The number of halogens is 1. The molecule has 5 nitrogen and oxygen atoms in total. The lowest BCUT2D eigenvalue weighted by Gasteiger charge is -2.32. The van der Waals surface area contributed by atoms with Crippen LogP contribution in [0.3, 0.4) is 0 Å². The van der Waals surface area contributed by atoms with Crippen LogP contribution in [0.25, 0.3) is 10.2 Å². The highest BCUT2D eigenvalue weighted by Crippen LogP contribution is 2.47. The Bertz CT molecular complexity index is 815. The van der Waals surface area contributed by atoms with Gasteiger partial charge in [0.05, 0.1) is 5.39 Å². The molecule has 7 heteroatoms. The Hall–Kier alpha value is -1.24. The van der Waals surface area contributed by atoms with Crippen LogP contribution in [-0.2, 0) is 11.2 Å². The van der Waals surface area contributed by atoms with Crippen molar-refractivity contribution in [2.45, 2.75) is 63.0 Å². The van der Waals surface area contributed by atoms with E-state index >= 15 is 0 Å². The molecule has 2 aromatic heterocycles. The van der Waals surface area contributed by atoms with Crippen molar-refractivity contribution in [3.63, 3.8) is 0 Å². The van der Waals surface area contributed by atoms with E-state index < -0.39 is 0 Å². The van der Waals surface area contributed by atoms with Crippen LogP contribution in [-0.4, -0.2) is 47.4 Å². The molecule has 0 aromatic carbocycles. The Balaban J connectivity index is 1.64. The standard InChI is InChI=1S/C19H24ClN3O2S/c1-23(2)12-4-6-13(7-5-12)25-17-16-15-11(9-10-24)3-8-14(15)26-18(16)22-19(20)21-17/h10-13H,3-9H2,1-2H3/t11-,12-,13-/m1/s1. The van der Waals surface area contributed by atoms with Gasteiger partial charge >= 0.3 is 0 Å². The number of aromatic nitrogens is 2. The molecule has 0 N–H and O–H groups in total. The molecule has 0 spiro atoms. The summed E-state index contributed by atoms with van der Waals surface area (Å²) >= 11 is 7.84. The molecular formula is C19H24ClN3O2S. The lowest BCUT2D eigenvalue weighted by atomic mass is 9.92. The van der Waals surface area contributed by atoms with Gasteiger partial charge < -0.3 is 14.4 Å². The highest BCUT2D eigenvalue weighted by molar-refractivity contribution is 7.19. The zero-order chi connectivity index (χ0) is 18.3. The molecule has 0 radical (unpaired) electrons. The van der Waals surface area contributed by atoms with Gasteiger partial charge in [-0.15, -0.1) is 11.3 Å². The maximum Gasteiger partial charge on any atom is 0.227 e. The molecule has 0 amide bonds. The average Bonchev–Trinajstić information content (AvgIpc) is 3.15. The monoisotopic (exact) mass is 393 g/mol. The second-order valence-electron chi connectivity index (χ2n) is 7.57. The fraction of sp³-hybridized carbons (Fsp3) is 0.632. The lowest BCUT2D eigenvalue weighted by Crippen LogP contribution is -2.35. The third kappa shape index (κ3) is 3.35. The highest BCUT2D eigenvalue weighted by atomic mass is 35.5. The van der Waals surface area contributed by atoms with E-state index in [2.05, 4.69) is 29.0 Å². The summed E-state index contributed by atoms with van der Waals surface area (Å²) in [5.41, 5.74) is 1.23. The van der Waals surface area contributed by atoms with Crippen molar-refractivity contribution in [1.29, 1.82) is 0 Å². The number of hydrogen-bond acceptors (Lipinski definition) is 6. The summed E-state index contributed by atoms with van der Waals surface area (Å²) in [6, 6.07) is 0.631. The molecule has 2 aliphatic carbocycles. The molecule has 1 fully saturated rings. The van der Waals surface area contributed by atoms with Gasteiger partial charge in [-0.2, -0.15) is 4.98 Å². The van der Waals surface area contributed by atoms with Gasteiger partial charge in [0.1, 0.15) is 17.2 Å². The zero-order valence-electron chi connectivity index (χ0n) is 15.2. The number of ether oxygens (including phenoxy) is 1. The quantitative estimate of drug-likeness (QED) is 0.562. The van der Waals surface area contributed by atoms with Gasteiger partial charge in [-0.3, -0.25) is 0 Å². The van der Waals surface area contributed by atoms with E-state index in [9.17, 15) is 4.79 Å². The van der Waals surface area contributed by atoms with Crippen LogP contribution in [0.15, 0.2) is 0 Å². The van der Waals surface area contributed by atoms with E-state index in [0.717, 1.165) is 55.0 Å². The molecule has 140 valence electrons. The van der Waals surface area contributed by atoms with Crippen LogP contribution >= 0.6 is 22.9 Å². The number of thiophene rings is 1. The van der Waals surface area contributed by atoms with Crippen molar-refractivity contribution in [2.24, 2.45) is 0 Å². The van der Waals surface area contributed by atoms with Gasteiger partial charge in [0.15, 0.2) is 0 Å². The minimum atomic E-state index is 0.168. The third-order valence-electron chi connectivity index (χ3n) is 5.77. The molecular weight excluding hydrogens is 370 g/mol. The van der Waals surface area contributed by atoms with E-state index in [1.165, 1.54) is 10.4 Å². The largest absolute Gasteiger partial charge is 0.474 e. The summed E-state index contributed by atoms with van der Waals surface area (Å²) in [7, 11) is 4.28. The van der Waals surface area contributed by atoms with Gasteiger partial charge in [0.25, 0.3) is 0 Å². The van der Waals surface area contributed by atoms with E-state index in [1.807, 2.05) is 0 Å². The van der Waals surface area contributed by atoms with E-state index in [-0.39, 0.29) is 17.3 Å². The summed E-state index contributed by atoms with van der Waals surface area (Å²) in [5.74, 6) is 0.872. The first-order valence-electron chi connectivity index (χ1n) is 9.32. The van der Waals surface area contributed by atoms with Crippen molar-refractivity contribution >= 4 is 39.4 Å². The van der Waals surface area contributed by atoms with E-state index in [4.69, 9.17) is 16.3 Å². The lowest BCUT2D eigenvalue weighted by molar-refractivity contribution is -0.108. The fourth-order valence-corrected chi connectivity index (χ4v) is 5.83. The molecule has 0 unspecified atom stereocenters. The van der Waals surface area contributed by atoms with Crippen molar-refractivity contribution in [3.05, 3.63) is 15.7 Å². The SMILES string of the molecule is CN(C)[C@H]1CC[C@H](Oc2nc(Cl)nc3sc4c(c23)[C@@H](CC=O)CC4)CC1. The Morgan fingerprint density at radius 2 is 2.00 bits per heavy atom. The Labute approximate surface area is 162 Å². The number of hydrogen-bond donors (Lipinski definition) is 0. The van der Waals surface area contributed by atoms with Crippen molar-refractivity contribution in [1.82, 2.24) is 14.9 Å². The maximum absolute atomic E-state index is 11.1. The van der Waals surface area contributed by atoms with E-state index in [1.54, 1.807) is 11.3 Å². The second-order valence-corrected chi connectivity index (χ2v) is 8.99. The molecule has 0 saturated heterocycles. The van der Waals surface area contributed by atoms with Crippen LogP contribution in [0.5, 0.6) is 5.88 Å². The van der Waals surface area contributed by atoms with Crippen molar-refractivity contribution in [3.8, 4) is 5.88 Å². The fourth-order valence-electron chi connectivity index (χ4n) is 4.35. The molecule has 1 atom stereocenters. The molecule has 1 saturated carbocycles. The number of rotatable bonds is 5. The smallest absolute Gasteiger partial charge is 0.227 e. The predicted molar refractivity (Wildman–Crippen MR) is 105 cm³/mol. The van der Waals surface area contributed by atoms with Crippen LogP contribution in [0, 0.1) is 0 Å². The minimum Gasteiger partial charge on any atom is -0.474 e. The Kier molecular flexibility index (Phi) is 5.17. The molecule has 4 rings (SSSR count). The van der Waals surface area contributed by atoms with Gasteiger partial charge in [-0.05, 0) is 75.7 Å². The topological polar surface area (TPSA) is 55.3 Å². The number of aryl methyl sites for hydroxylation is 1. The molecule has 26 heavy (non-hydrogen) atoms. The summed E-state index contributed by atoms with van der Waals surface area (Å²) in [4.78, 5) is 24.4. The molecule has 0 bridgehead atoms. The Morgan fingerprint density at radius 1 is 1.23 bits per heavy atom. The average molecular weight is 394 g/mol. The summed E-state index contributed by atoms with van der Waals surface area (Å²) in [5, 5.41) is 1.23. The first-order valence-corrected chi connectivity index (χ1v) is 10.5. The first-order chi connectivity index (χ1) is 12.6. The normalized spacial score (nSPS) is 25.6. The van der Waals surface area contributed by atoms with Crippen LogP contribution < -0.4 is 4.74 Å². The predicted octanol–water partition coefficient (Wildman–Crippen LogP) is 4.22. The zero-order valence-corrected chi connectivity index (χ0v) is 16.8. The van der Waals surface area contributed by atoms with Crippen LogP contribution in [0.1, 0.15) is 54.9 Å². The number of fused-ring (bicyclic) bond motifs is 3. The minimum absolute atomic E-state index is 0.168. The van der Waals surface area contributed by atoms with Crippen LogP contribution in [0.4, 0.5) is 0 Å². The highest BCUT2D eigenvalue weighted by Gasteiger charge is 2.31. The third-order valence-corrected chi connectivity index (χ3v) is 7.09. The molecule has 2 aromatic rings. The molecule has 0 aliphatic heterocycles. The van der Waals surface area contributed by atoms with E-state index in [0.29, 0.717) is 18.3 Å². The number of carbonyl (C=O) groups is 1. The van der Waals surface area contributed by atoms with Gasteiger partial charge in [-0.1, -0.05) is 0 Å². The molecule has 2 aliphatic rings. The van der Waals surface area contributed by atoms with Gasteiger partial charge in [-0.25, -0.2) is 4.98 Å². The van der Waals surface area contributed by atoms with Crippen molar-refractivity contribution in [2.75, 3.05) is 14.1 Å². The number of aldehydes is 1. The number of carbonyl (C=O) groups excluding carboxylic acids is 1. The first kappa shape index (κ1) is 18.1. The second kappa shape index (κ2) is 7.41. The summed E-state index contributed by atoms with van der Waals surface area (Å²) < 4.78 is 6.35. The van der Waals surface area contributed by atoms with Gasteiger partial charge in [0, 0.05) is 17.3 Å². The summed E-state index contributed by atoms with van der Waals surface area (Å²) in [6.07, 6.45) is 8.07. The molecule has 2 heterocycles. The Morgan fingerprint density at radius 3 is 2.69 bits per heavy atom. The summed E-state index contributed by atoms with van der Waals surface area (Å²) in [6.45, 7) is 0. The van der Waals surface area contributed by atoms with Crippen molar-refractivity contribution < 1.29 is 9.53 Å². The maximum atomic E-state index is 11.1. The number of nitrogens with zero attached hydrogens (tertiary/aromatic N) is 3.